The Morgan fingerprint density at radius 1 is 1.05 bits per heavy atom. The summed E-state index contributed by atoms with van der Waals surface area (Å²) in [7, 11) is 1.91. The third kappa shape index (κ3) is 2.11. The fourth-order valence-electron chi connectivity index (χ4n) is 2.38. The second-order valence-corrected chi connectivity index (χ2v) is 5.70. The first-order chi connectivity index (χ1) is 10.3. The molecule has 0 N–H and O–H groups in total. The second kappa shape index (κ2) is 4.79. The molecular weight excluding hydrogens is 280 g/mol. The number of aryl methyl sites for hydroxylation is 1. The van der Waals surface area contributed by atoms with Gasteiger partial charge in [0.25, 0.3) is 0 Å². The molecule has 0 aliphatic carbocycles. The van der Waals surface area contributed by atoms with E-state index in [0.29, 0.717) is 0 Å². The van der Waals surface area contributed by atoms with Crippen LogP contribution in [0.5, 0.6) is 0 Å². The highest BCUT2D eigenvalue weighted by Crippen LogP contribution is 2.26. The van der Waals surface area contributed by atoms with Crippen molar-refractivity contribution in [1.82, 2.24) is 19.7 Å². The van der Waals surface area contributed by atoms with Crippen molar-refractivity contribution in [3.05, 3.63) is 54.2 Å². The van der Waals surface area contributed by atoms with Crippen LogP contribution >= 0.6 is 11.3 Å². The Balaban J connectivity index is 1.83. The van der Waals surface area contributed by atoms with Gasteiger partial charge in [-0.3, -0.25) is 4.98 Å². The maximum atomic E-state index is 4.65. The third-order valence-corrected chi connectivity index (χ3v) is 4.19. The summed E-state index contributed by atoms with van der Waals surface area (Å²) in [5.74, 6) is 1.59. The Labute approximate surface area is 125 Å². The normalized spacial score (nSPS) is 11.1. The minimum absolute atomic E-state index is 0.742. The zero-order valence-electron chi connectivity index (χ0n) is 11.4. The van der Waals surface area contributed by atoms with E-state index in [1.807, 2.05) is 25.4 Å². The highest BCUT2D eigenvalue weighted by molar-refractivity contribution is 7.13. The molecule has 0 aliphatic rings. The molecule has 0 amide bonds. The molecule has 21 heavy (non-hydrogen) atoms. The van der Waals surface area contributed by atoms with Gasteiger partial charge < -0.3 is 0 Å². The molecule has 2 heterocycles. The smallest absolute Gasteiger partial charge is 0.181 e. The van der Waals surface area contributed by atoms with E-state index in [1.165, 1.54) is 10.8 Å². The molecule has 0 radical (unpaired) electrons. The van der Waals surface area contributed by atoms with E-state index < -0.39 is 0 Å². The molecule has 5 heteroatoms. The maximum absolute atomic E-state index is 4.65. The van der Waals surface area contributed by atoms with Crippen LogP contribution in [0.4, 0.5) is 0 Å². The van der Waals surface area contributed by atoms with Gasteiger partial charge in [0.05, 0.1) is 10.4 Å². The molecule has 0 saturated heterocycles. The second-order valence-electron chi connectivity index (χ2n) is 4.81. The van der Waals surface area contributed by atoms with E-state index in [-0.39, 0.29) is 0 Å². The fourth-order valence-corrected chi connectivity index (χ4v) is 3.02. The molecule has 0 bridgehead atoms. The van der Waals surface area contributed by atoms with E-state index in [0.717, 1.165) is 22.1 Å². The lowest BCUT2D eigenvalue weighted by Gasteiger charge is -1.99. The standard InChI is InChI=1S/C16H12N4S/c1-20-16(14-9-17-10-21-14)18-15(19-20)13-7-6-11-4-2-3-5-12(11)8-13/h2-10H,1H3. The summed E-state index contributed by atoms with van der Waals surface area (Å²) in [5, 5.41) is 6.95. The van der Waals surface area contributed by atoms with Crippen molar-refractivity contribution in [1.29, 1.82) is 0 Å². The van der Waals surface area contributed by atoms with Crippen LogP contribution in [0.1, 0.15) is 0 Å². The Hall–Kier alpha value is -2.53. The van der Waals surface area contributed by atoms with Crippen LogP contribution in [0.25, 0.3) is 32.9 Å². The predicted molar refractivity (Wildman–Crippen MR) is 85.1 cm³/mol. The van der Waals surface area contributed by atoms with Gasteiger partial charge >= 0.3 is 0 Å². The molecule has 4 nitrogen and oxygen atoms in total. The van der Waals surface area contributed by atoms with Crippen LogP contribution in [0, 0.1) is 0 Å². The van der Waals surface area contributed by atoms with E-state index in [1.54, 1.807) is 21.5 Å². The summed E-state index contributed by atoms with van der Waals surface area (Å²) in [6, 6.07) is 14.6. The van der Waals surface area contributed by atoms with Gasteiger partial charge in [0.15, 0.2) is 11.6 Å². The summed E-state index contributed by atoms with van der Waals surface area (Å²) < 4.78 is 1.80. The average Bonchev–Trinajstić information content (AvgIpc) is 3.16. The van der Waals surface area contributed by atoms with Crippen LogP contribution in [0.2, 0.25) is 0 Å². The number of fused-ring (bicyclic) bond motifs is 1. The number of rotatable bonds is 2. The van der Waals surface area contributed by atoms with Crippen molar-refractivity contribution in [2.24, 2.45) is 7.05 Å². The van der Waals surface area contributed by atoms with Crippen LogP contribution < -0.4 is 0 Å². The molecule has 4 rings (SSSR count). The number of benzene rings is 2. The third-order valence-electron chi connectivity index (χ3n) is 3.42. The largest absolute Gasteiger partial charge is 0.252 e. The van der Waals surface area contributed by atoms with Crippen LogP contribution in [-0.2, 0) is 7.05 Å². The van der Waals surface area contributed by atoms with Gasteiger partial charge in [0.1, 0.15) is 0 Å². The molecular formula is C16H12N4S. The van der Waals surface area contributed by atoms with Crippen molar-refractivity contribution < 1.29 is 0 Å². The van der Waals surface area contributed by atoms with Gasteiger partial charge in [-0.25, -0.2) is 9.67 Å². The molecule has 2 aromatic carbocycles. The highest BCUT2D eigenvalue weighted by atomic mass is 32.1. The zero-order valence-corrected chi connectivity index (χ0v) is 12.2. The van der Waals surface area contributed by atoms with Gasteiger partial charge in [-0.05, 0) is 16.8 Å². The number of hydrogen-bond acceptors (Lipinski definition) is 4. The maximum Gasteiger partial charge on any atom is 0.181 e. The molecule has 2 aromatic heterocycles. The first kappa shape index (κ1) is 12.2. The Kier molecular flexibility index (Phi) is 2.79. The number of aromatic nitrogens is 4. The monoisotopic (exact) mass is 292 g/mol. The van der Waals surface area contributed by atoms with Crippen LogP contribution in [0.15, 0.2) is 54.2 Å². The van der Waals surface area contributed by atoms with Crippen molar-refractivity contribution in [2.75, 3.05) is 0 Å². The predicted octanol–water partition coefficient (Wildman–Crippen LogP) is 3.76. The van der Waals surface area contributed by atoms with Gasteiger partial charge in [-0.2, -0.15) is 5.10 Å². The number of hydrogen-bond donors (Lipinski definition) is 0. The van der Waals surface area contributed by atoms with Crippen molar-refractivity contribution in [3.63, 3.8) is 0 Å². The fraction of sp³-hybridized carbons (Fsp3) is 0.0625. The lowest BCUT2D eigenvalue weighted by atomic mass is 10.1. The molecule has 0 unspecified atom stereocenters. The Bertz CT molecular complexity index is 909. The van der Waals surface area contributed by atoms with Crippen molar-refractivity contribution >= 4 is 22.1 Å². The average molecular weight is 292 g/mol. The highest BCUT2D eigenvalue weighted by Gasteiger charge is 2.12. The molecule has 0 saturated carbocycles. The van der Waals surface area contributed by atoms with Crippen molar-refractivity contribution in [2.45, 2.75) is 0 Å². The van der Waals surface area contributed by atoms with E-state index in [2.05, 4.69) is 45.4 Å². The minimum Gasteiger partial charge on any atom is -0.252 e. The van der Waals surface area contributed by atoms with E-state index >= 15 is 0 Å². The van der Waals surface area contributed by atoms with Gasteiger partial charge in [0, 0.05) is 18.8 Å². The first-order valence-electron chi connectivity index (χ1n) is 6.60. The quantitative estimate of drug-likeness (QED) is 0.565. The van der Waals surface area contributed by atoms with Gasteiger partial charge in [-0.15, -0.1) is 11.3 Å². The van der Waals surface area contributed by atoms with Crippen LogP contribution in [-0.4, -0.2) is 19.7 Å². The topological polar surface area (TPSA) is 43.6 Å². The summed E-state index contributed by atoms with van der Waals surface area (Å²) >= 11 is 1.57. The lowest BCUT2D eigenvalue weighted by Crippen LogP contribution is -1.92. The number of thiazole rings is 1. The van der Waals surface area contributed by atoms with Crippen molar-refractivity contribution in [3.8, 4) is 22.1 Å². The Morgan fingerprint density at radius 2 is 1.90 bits per heavy atom. The zero-order chi connectivity index (χ0) is 14.2. The summed E-state index contributed by atoms with van der Waals surface area (Å²) in [6.07, 6.45) is 1.82. The number of nitrogens with zero attached hydrogens (tertiary/aromatic N) is 4. The molecule has 0 atom stereocenters. The van der Waals surface area contributed by atoms with Crippen LogP contribution in [0.3, 0.4) is 0 Å². The van der Waals surface area contributed by atoms with Gasteiger partial charge in [-0.1, -0.05) is 36.4 Å². The van der Waals surface area contributed by atoms with Gasteiger partial charge in [0.2, 0.25) is 0 Å². The SMILES string of the molecule is Cn1nc(-c2ccc3ccccc3c2)nc1-c1cncs1. The molecule has 0 fully saturated rings. The first-order valence-corrected chi connectivity index (χ1v) is 7.48. The minimum atomic E-state index is 0.742. The van der Waals surface area contributed by atoms with E-state index in [4.69, 9.17) is 0 Å². The Morgan fingerprint density at radius 3 is 2.71 bits per heavy atom. The summed E-state index contributed by atoms with van der Waals surface area (Å²) in [4.78, 5) is 9.78. The molecule has 0 spiro atoms. The summed E-state index contributed by atoms with van der Waals surface area (Å²) in [6.45, 7) is 0. The molecule has 4 aromatic rings. The van der Waals surface area contributed by atoms with E-state index in [9.17, 15) is 0 Å². The summed E-state index contributed by atoms with van der Waals surface area (Å²) in [5.41, 5.74) is 2.83. The molecule has 102 valence electrons. The molecule has 0 aliphatic heterocycles. The lowest BCUT2D eigenvalue weighted by molar-refractivity contribution is 0.778.